The third-order valence-electron chi connectivity index (χ3n) is 4.77. The lowest BCUT2D eigenvalue weighted by molar-refractivity contribution is -0.117. The Labute approximate surface area is 172 Å². The van der Waals surface area contributed by atoms with E-state index in [0.717, 1.165) is 21.9 Å². The van der Waals surface area contributed by atoms with Crippen LogP contribution in [0.3, 0.4) is 0 Å². The zero-order valence-electron chi connectivity index (χ0n) is 15.7. The Balaban J connectivity index is 1.64. The molecule has 0 saturated carbocycles. The number of carbonyl (C=O) groups excluding carboxylic acids is 1. The number of anilines is 1. The molecule has 0 fully saturated rings. The Kier molecular flexibility index (Phi) is 5.14. The molecular weight excluding hydrogens is 386 g/mol. The van der Waals surface area contributed by atoms with Crippen molar-refractivity contribution in [2.24, 2.45) is 0 Å². The van der Waals surface area contributed by atoms with Crippen LogP contribution >= 0.6 is 11.6 Å². The molecule has 0 aliphatic carbocycles. The van der Waals surface area contributed by atoms with Crippen LogP contribution in [0.5, 0.6) is 0 Å². The normalized spacial score (nSPS) is 10.8. The largest absolute Gasteiger partial charge is 0.324 e. The molecule has 3 aromatic carbocycles. The van der Waals surface area contributed by atoms with E-state index in [4.69, 9.17) is 11.6 Å². The van der Waals surface area contributed by atoms with E-state index < -0.39 is 0 Å². The van der Waals surface area contributed by atoms with Crippen LogP contribution in [-0.2, 0) is 11.3 Å². The van der Waals surface area contributed by atoms with Crippen LogP contribution in [-0.4, -0.2) is 15.7 Å². The van der Waals surface area contributed by atoms with Gasteiger partial charge in [0.25, 0.3) is 5.56 Å². The number of rotatable bonds is 4. The van der Waals surface area contributed by atoms with Gasteiger partial charge in [-0.15, -0.1) is 0 Å². The summed E-state index contributed by atoms with van der Waals surface area (Å²) in [6.07, 6.45) is 0. The monoisotopic (exact) mass is 403 g/mol. The van der Waals surface area contributed by atoms with E-state index >= 15 is 0 Å². The zero-order valence-corrected chi connectivity index (χ0v) is 16.5. The van der Waals surface area contributed by atoms with Crippen LogP contribution < -0.4 is 10.9 Å². The fraction of sp³-hybridized carbons (Fsp3) is 0.0870. The number of amides is 1. The Morgan fingerprint density at radius 2 is 1.76 bits per heavy atom. The van der Waals surface area contributed by atoms with Gasteiger partial charge in [0, 0.05) is 22.3 Å². The molecular formula is C23H18ClN3O2. The molecule has 1 amide bonds. The molecule has 0 atom stereocenters. The maximum absolute atomic E-state index is 12.5. The van der Waals surface area contributed by atoms with E-state index in [1.165, 1.54) is 10.7 Å². The van der Waals surface area contributed by atoms with Crippen LogP contribution in [0.25, 0.3) is 22.0 Å². The number of hydrogen-bond acceptors (Lipinski definition) is 3. The molecule has 29 heavy (non-hydrogen) atoms. The number of halogens is 1. The van der Waals surface area contributed by atoms with Gasteiger partial charge in [-0.2, -0.15) is 5.10 Å². The SMILES string of the molecule is Cc1c(Cl)cccc1NC(=O)Cn1nc(-c2cccc3ccccc23)ccc1=O. The second-order valence-corrected chi connectivity index (χ2v) is 7.11. The highest BCUT2D eigenvalue weighted by atomic mass is 35.5. The van der Waals surface area contributed by atoms with E-state index in [2.05, 4.69) is 10.4 Å². The van der Waals surface area contributed by atoms with Crippen molar-refractivity contribution in [3.8, 4) is 11.3 Å². The number of nitrogens with zero attached hydrogens (tertiary/aromatic N) is 2. The molecule has 0 radical (unpaired) electrons. The van der Waals surface area contributed by atoms with Gasteiger partial charge in [0.05, 0.1) is 5.69 Å². The van der Waals surface area contributed by atoms with Gasteiger partial charge in [0.15, 0.2) is 0 Å². The Hall–Kier alpha value is -3.44. The molecule has 1 aromatic heterocycles. The van der Waals surface area contributed by atoms with Crippen molar-refractivity contribution in [1.82, 2.24) is 9.78 Å². The number of benzene rings is 3. The van der Waals surface area contributed by atoms with Crippen molar-refractivity contribution in [2.45, 2.75) is 13.5 Å². The lowest BCUT2D eigenvalue weighted by Gasteiger charge is -2.11. The van der Waals surface area contributed by atoms with Gasteiger partial charge in [0.1, 0.15) is 6.54 Å². The summed E-state index contributed by atoms with van der Waals surface area (Å²) in [7, 11) is 0. The minimum atomic E-state index is -0.347. The number of hydrogen-bond donors (Lipinski definition) is 1. The molecule has 144 valence electrons. The molecule has 1 heterocycles. The average molecular weight is 404 g/mol. The van der Waals surface area contributed by atoms with Crippen molar-refractivity contribution in [3.63, 3.8) is 0 Å². The van der Waals surface area contributed by atoms with Gasteiger partial charge < -0.3 is 5.32 Å². The zero-order chi connectivity index (χ0) is 20.4. The minimum absolute atomic E-state index is 0.191. The first-order valence-electron chi connectivity index (χ1n) is 9.14. The Bertz CT molecular complexity index is 1280. The molecule has 6 heteroatoms. The molecule has 0 bridgehead atoms. The second kappa shape index (κ2) is 7.89. The van der Waals surface area contributed by atoms with Gasteiger partial charge in [-0.25, -0.2) is 4.68 Å². The van der Waals surface area contributed by atoms with Gasteiger partial charge in [-0.1, -0.05) is 60.1 Å². The fourth-order valence-corrected chi connectivity index (χ4v) is 3.40. The minimum Gasteiger partial charge on any atom is -0.324 e. The average Bonchev–Trinajstić information content (AvgIpc) is 2.73. The third kappa shape index (κ3) is 3.91. The molecule has 0 aliphatic rings. The summed E-state index contributed by atoms with van der Waals surface area (Å²) in [5.41, 5.74) is 2.58. The first-order chi connectivity index (χ1) is 14.0. The van der Waals surface area contributed by atoms with Crippen molar-refractivity contribution >= 4 is 34.0 Å². The van der Waals surface area contributed by atoms with Crippen molar-refractivity contribution < 1.29 is 4.79 Å². The van der Waals surface area contributed by atoms with E-state index in [0.29, 0.717) is 16.4 Å². The molecule has 4 rings (SSSR count). The first-order valence-corrected chi connectivity index (χ1v) is 9.52. The topological polar surface area (TPSA) is 64.0 Å². The van der Waals surface area contributed by atoms with Gasteiger partial charge >= 0.3 is 0 Å². The summed E-state index contributed by atoms with van der Waals surface area (Å²) in [6, 6.07) is 22.3. The van der Waals surface area contributed by atoms with Gasteiger partial charge in [-0.3, -0.25) is 9.59 Å². The Morgan fingerprint density at radius 1 is 1.00 bits per heavy atom. The lowest BCUT2D eigenvalue weighted by Crippen LogP contribution is -2.29. The molecule has 5 nitrogen and oxygen atoms in total. The quantitative estimate of drug-likeness (QED) is 0.538. The summed E-state index contributed by atoms with van der Waals surface area (Å²) in [4.78, 5) is 24.8. The van der Waals surface area contributed by atoms with E-state index in [-0.39, 0.29) is 18.0 Å². The maximum Gasteiger partial charge on any atom is 0.267 e. The Morgan fingerprint density at radius 3 is 2.62 bits per heavy atom. The smallest absolute Gasteiger partial charge is 0.267 e. The number of fused-ring (bicyclic) bond motifs is 1. The second-order valence-electron chi connectivity index (χ2n) is 6.70. The number of nitrogens with one attached hydrogen (secondary N) is 1. The molecule has 1 N–H and O–H groups in total. The maximum atomic E-state index is 12.5. The molecule has 4 aromatic rings. The lowest BCUT2D eigenvalue weighted by atomic mass is 10.0. The number of carbonyl (C=O) groups is 1. The molecule has 0 spiro atoms. The van der Waals surface area contributed by atoms with E-state index in [1.54, 1.807) is 24.3 Å². The summed E-state index contributed by atoms with van der Waals surface area (Å²) >= 11 is 6.10. The summed E-state index contributed by atoms with van der Waals surface area (Å²) in [5.74, 6) is -0.347. The fourth-order valence-electron chi connectivity index (χ4n) is 3.22. The third-order valence-corrected chi connectivity index (χ3v) is 5.18. The van der Waals surface area contributed by atoms with Crippen LogP contribution in [0.15, 0.2) is 77.6 Å². The predicted octanol–water partition coefficient (Wildman–Crippen LogP) is 4.66. The molecule has 0 aliphatic heterocycles. The van der Waals surface area contributed by atoms with Crippen molar-refractivity contribution in [1.29, 1.82) is 0 Å². The van der Waals surface area contributed by atoms with Gasteiger partial charge in [0.2, 0.25) is 5.91 Å². The summed E-state index contributed by atoms with van der Waals surface area (Å²) in [6.45, 7) is 1.63. The van der Waals surface area contributed by atoms with E-state index in [1.807, 2.05) is 49.4 Å². The number of aromatic nitrogens is 2. The van der Waals surface area contributed by atoms with Crippen molar-refractivity contribution in [3.05, 3.63) is 93.7 Å². The van der Waals surface area contributed by atoms with Crippen LogP contribution in [0.2, 0.25) is 5.02 Å². The van der Waals surface area contributed by atoms with Crippen molar-refractivity contribution in [2.75, 3.05) is 5.32 Å². The first kappa shape index (κ1) is 18.9. The van der Waals surface area contributed by atoms with E-state index in [9.17, 15) is 9.59 Å². The highest BCUT2D eigenvalue weighted by Gasteiger charge is 2.11. The molecule has 0 saturated heterocycles. The summed E-state index contributed by atoms with van der Waals surface area (Å²) in [5, 5.41) is 9.91. The van der Waals surface area contributed by atoms with Crippen LogP contribution in [0.4, 0.5) is 5.69 Å². The van der Waals surface area contributed by atoms with Crippen LogP contribution in [0.1, 0.15) is 5.56 Å². The summed E-state index contributed by atoms with van der Waals surface area (Å²) < 4.78 is 1.17. The van der Waals surface area contributed by atoms with Crippen LogP contribution in [0, 0.1) is 6.92 Å². The predicted molar refractivity (Wildman–Crippen MR) is 116 cm³/mol. The highest BCUT2D eigenvalue weighted by molar-refractivity contribution is 6.31. The molecule has 0 unspecified atom stereocenters. The standard InChI is InChI=1S/C23H18ClN3O2/c1-15-19(24)10-5-11-20(15)25-22(28)14-27-23(29)13-12-21(26-27)18-9-4-7-16-6-2-3-8-17(16)18/h2-13H,14H2,1H3,(H,25,28). The van der Waals surface area contributed by atoms with Gasteiger partial charge in [-0.05, 0) is 41.5 Å². The highest BCUT2D eigenvalue weighted by Crippen LogP contribution is 2.26.